The van der Waals surface area contributed by atoms with Gasteiger partial charge in [0.2, 0.25) is 5.91 Å². The molecule has 1 amide bonds. The number of piperidine rings is 1. The van der Waals surface area contributed by atoms with Gasteiger partial charge in [0.1, 0.15) is 11.9 Å². The Hall–Kier alpha value is -1.99. The van der Waals surface area contributed by atoms with Crippen molar-refractivity contribution >= 4 is 23.5 Å². The molecule has 0 bridgehead atoms. The first-order valence-electron chi connectivity index (χ1n) is 10.3. The third kappa shape index (κ3) is 6.00. The van der Waals surface area contributed by atoms with Gasteiger partial charge in [0.15, 0.2) is 5.96 Å². The van der Waals surface area contributed by atoms with E-state index in [4.69, 9.17) is 21.1 Å². The summed E-state index contributed by atoms with van der Waals surface area (Å²) < 4.78 is 11.3. The van der Waals surface area contributed by atoms with Gasteiger partial charge >= 0.3 is 0 Å². The molecule has 0 saturated carbocycles. The summed E-state index contributed by atoms with van der Waals surface area (Å²) in [6.45, 7) is 6.98. The summed E-state index contributed by atoms with van der Waals surface area (Å²) in [7, 11) is 1.78. The van der Waals surface area contributed by atoms with Crippen molar-refractivity contribution in [3.63, 3.8) is 0 Å². The number of hydrogen-bond donors (Lipinski definition) is 1. The molecular formula is C21H31ClN4O3. The molecule has 1 unspecified atom stereocenters. The minimum absolute atomic E-state index is 0.0629. The molecule has 1 aromatic carbocycles. The molecule has 2 heterocycles. The van der Waals surface area contributed by atoms with Crippen molar-refractivity contribution in [2.75, 3.05) is 53.0 Å². The number of benzene rings is 1. The maximum Gasteiger partial charge on any atom is 0.225 e. The first-order chi connectivity index (χ1) is 14.1. The Bertz CT molecular complexity index is 701. The first-order valence-corrected chi connectivity index (χ1v) is 10.7. The van der Waals surface area contributed by atoms with Gasteiger partial charge < -0.3 is 24.6 Å². The van der Waals surface area contributed by atoms with Crippen molar-refractivity contribution in [3.05, 3.63) is 29.3 Å². The maximum atomic E-state index is 12.7. The van der Waals surface area contributed by atoms with E-state index >= 15 is 0 Å². The highest BCUT2D eigenvalue weighted by Crippen LogP contribution is 2.24. The highest BCUT2D eigenvalue weighted by atomic mass is 35.5. The average Bonchev–Trinajstić information content (AvgIpc) is 2.76. The van der Waals surface area contributed by atoms with Crippen LogP contribution in [0, 0.1) is 5.92 Å². The molecule has 1 aromatic rings. The fourth-order valence-electron chi connectivity index (χ4n) is 3.75. The SMILES string of the molecule is CN=C(NCC(C)Oc1ccccc1Cl)N1CCC(C(=O)N2CCOCC2)CC1. The van der Waals surface area contributed by atoms with Gasteiger partial charge in [0.25, 0.3) is 0 Å². The Morgan fingerprint density at radius 2 is 1.93 bits per heavy atom. The molecule has 1 atom stereocenters. The zero-order valence-corrected chi connectivity index (χ0v) is 18.0. The van der Waals surface area contributed by atoms with E-state index in [0.717, 1.165) is 31.9 Å². The number of amides is 1. The number of likely N-dealkylation sites (tertiary alicyclic amines) is 1. The number of halogens is 1. The lowest BCUT2D eigenvalue weighted by molar-refractivity contribution is -0.140. The van der Waals surface area contributed by atoms with Crippen molar-refractivity contribution < 1.29 is 14.3 Å². The van der Waals surface area contributed by atoms with Gasteiger partial charge in [0.05, 0.1) is 24.8 Å². The summed E-state index contributed by atoms with van der Waals surface area (Å²) in [5.74, 6) is 1.90. The Balaban J connectivity index is 1.44. The van der Waals surface area contributed by atoms with Crippen molar-refractivity contribution in [2.24, 2.45) is 10.9 Å². The van der Waals surface area contributed by atoms with E-state index in [0.29, 0.717) is 43.6 Å². The van der Waals surface area contributed by atoms with Crippen molar-refractivity contribution in [1.29, 1.82) is 0 Å². The highest BCUT2D eigenvalue weighted by molar-refractivity contribution is 6.32. The van der Waals surface area contributed by atoms with Gasteiger partial charge in [-0.2, -0.15) is 0 Å². The third-order valence-electron chi connectivity index (χ3n) is 5.39. The van der Waals surface area contributed by atoms with Gasteiger partial charge in [0, 0.05) is 39.1 Å². The summed E-state index contributed by atoms with van der Waals surface area (Å²) in [5.41, 5.74) is 0. The first kappa shape index (κ1) is 21.7. The predicted octanol–water partition coefficient (Wildman–Crippen LogP) is 2.25. The van der Waals surface area contributed by atoms with Gasteiger partial charge in [-0.05, 0) is 31.9 Å². The fourth-order valence-corrected chi connectivity index (χ4v) is 3.93. The van der Waals surface area contributed by atoms with Gasteiger partial charge in [-0.15, -0.1) is 0 Å². The monoisotopic (exact) mass is 422 g/mol. The Labute approximate surface area is 178 Å². The Morgan fingerprint density at radius 3 is 2.59 bits per heavy atom. The molecule has 2 fully saturated rings. The number of nitrogens with one attached hydrogen (secondary N) is 1. The van der Waals surface area contributed by atoms with Crippen LogP contribution in [0.3, 0.4) is 0 Å². The predicted molar refractivity (Wildman–Crippen MR) is 115 cm³/mol. The summed E-state index contributed by atoms with van der Waals surface area (Å²) in [6.07, 6.45) is 1.64. The van der Waals surface area contributed by atoms with E-state index in [2.05, 4.69) is 15.2 Å². The van der Waals surface area contributed by atoms with Crippen LogP contribution in [0.4, 0.5) is 0 Å². The van der Waals surface area contributed by atoms with Crippen LogP contribution < -0.4 is 10.1 Å². The van der Waals surface area contributed by atoms with Gasteiger partial charge in [-0.25, -0.2) is 0 Å². The molecule has 2 saturated heterocycles. The van der Waals surface area contributed by atoms with E-state index < -0.39 is 0 Å². The number of aliphatic imine (C=N–C) groups is 1. The van der Waals surface area contributed by atoms with E-state index in [9.17, 15) is 4.79 Å². The lowest BCUT2D eigenvalue weighted by Crippen LogP contribution is -2.50. The standard InChI is InChI=1S/C21H31ClN4O3/c1-16(29-19-6-4-3-5-18(19)22)15-24-21(23-2)26-9-7-17(8-10-26)20(27)25-11-13-28-14-12-25/h3-6,16-17H,7-15H2,1-2H3,(H,23,24). The van der Waals surface area contributed by atoms with Crippen molar-refractivity contribution in [1.82, 2.24) is 15.1 Å². The van der Waals surface area contributed by atoms with Crippen LogP contribution in [-0.2, 0) is 9.53 Å². The fraction of sp³-hybridized carbons (Fsp3) is 0.619. The quantitative estimate of drug-likeness (QED) is 0.582. The Kier molecular flexibility index (Phi) is 8.00. The lowest BCUT2D eigenvalue weighted by Gasteiger charge is -2.37. The summed E-state index contributed by atoms with van der Waals surface area (Å²) in [6, 6.07) is 7.47. The zero-order chi connectivity index (χ0) is 20.6. The second-order valence-corrected chi connectivity index (χ2v) is 7.89. The minimum Gasteiger partial charge on any atom is -0.487 e. The largest absolute Gasteiger partial charge is 0.487 e. The normalized spacial score (nSPS) is 19.8. The average molecular weight is 423 g/mol. The maximum absolute atomic E-state index is 12.7. The molecule has 0 aromatic heterocycles. The third-order valence-corrected chi connectivity index (χ3v) is 5.70. The number of para-hydroxylation sites is 1. The molecule has 2 aliphatic heterocycles. The van der Waals surface area contributed by atoms with Crippen LogP contribution in [0.2, 0.25) is 5.02 Å². The van der Waals surface area contributed by atoms with Crippen molar-refractivity contribution in [3.8, 4) is 5.75 Å². The van der Waals surface area contributed by atoms with Gasteiger partial charge in [-0.3, -0.25) is 9.79 Å². The number of hydrogen-bond acceptors (Lipinski definition) is 4. The van der Waals surface area contributed by atoms with Crippen LogP contribution in [0.1, 0.15) is 19.8 Å². The van der Waals surface area contributed by atoms with E-state index in [1.54, 1.807) is 7.05 Å². The summed E-state index contributed by atoms with van der Waals surface area (Å²) >= 11 is 6.16. The summed E-state index contributed by atoms with van der Waals surface area (Å²) in [4.78, 5) is 21.3. The molecule has 0 aliphatic carbocycles. The molecule has 2 aliphatic rings. The number of nitrogens with zero attached hydrogens (tertiary/aromatic N) is 3. The molecule has 8 heteroatoms. The smallest absolute Gasteiger partial charge is 0.225 e. The highest BCUT2D eigenvalue weighted by Gasteiger charge is 2.30. The van der Waals surface area contributed by atoms with Crippen LogP contribution in [0.15, 0.2) is 29.3 Å². The number of guanidine groups is 1. The minimum atomic E-state index is -0.0629. The van der Waals surface area contributed by atoms with Gasteiger partial charge in [-0.1, -0.05) is 23.7 Å². The molecule has 1 N–H and O–H groups in total. The zero-order valence-electron chi connectivity index (χ0n) is 17.3. The van der Waals surface area contributed by atoms with Crippen LogP contribution >= 0.6 is 11.6 Å². The molecule has 0 spiro atoms. The van der Waals surface area contributed by atoms with E-state index in [-0.39, 0.29) is 17.9 Å². The van der Waals surface area contributed by atoms with Crippen LogP contribution in [0.5, 0.6) is 5.75 Å². The molecule has 7 nitrogen and oxygen atoms in total. The number of ether oxygens (including phenoxy) is 2. The molecule has 29 heavy (non-hydrogen) atoms. The second-order valence-electron chi connectivity index (χ2n) is 7.49. The lowest BCUT2D eigenvalue weighted by atomic mass is 9.95. The van der Waals surface area contributed by atoms with Crippen LogP contribution in [-0.4, -0.2) is 80.8 Å². The van der Waals surface area contributed by atoms with Crippen LogP contribution in [0.25, 0.3) is 0 Å². The number of rotatable bonds is 5. The van der Waals surface area contributed by atoms with E-state index in [1.807, 2.05) is 36.1 Å². The molecule has 0 radical (unpaired) electrons. The Morgan fingerprint density at radius 1 is 1.24 bits per heavy atom. The number of carbonyl (C=O) groups excluding carboxylic acids is 1. The molecule has 160 valence electrons. The molecule has 3 rings (SSSR count). The number of carbonyl (C=O) groups is 1. The topological polar surface area (TPSA) is 66.4 Å². The summed E-state index contributed by atoms with van der Waals surface area (Å²) in [5, 5.41) is 3.99. The number of morpholine rings is 1. The van der Waals surface area contributed by atoms with E-state index in [1.165, 1.54) is 0 Å². The van der Waals surface area contributed by atoms with Crippen molar-refractivity contribution in [2.45, 2.75) is 25.9 Å². The molecular weight excluding hydrogens is 392 g/mol. The second kappa shape index (κ2) is 10.7.